The highest BCUT2D eigenvalue weighted by Crippen LogP contribution is 2.13. The molecule has 142 valence electrons. The molecular weight excluding hydrogens is 344 g/mol. The van der Waals surface area contributed by atoms with Gasteiger partial charge in [0.25, 0.3) is 5.91 Å². The third-order valence-electron chi connectivity index (χ3n) is 4.60. The van der Waals surface area contributed by atoms with Crippen LogP contribution in [0.5, 0.6) is 0 Å². The summed E-state index contributed by atoms with van der Waals surface area (Å²) in [6.45, 7) is 6.10. The van der Waals surface area contributed by atoms with Crippen LogP contribution in [0.25, 0.3) is 0 Å². The van der Waals surface area contributed by atoms with Gasteiger partial charge in [-0.2, -0.15) is 0 Å². The van der Waals surface area contributed by atoms with Gasteiger partial charge in [0, 0.05) is 11.3 Å². The van der Waals surface area contributed by atoms with Crippen molar-refractivity contribution in [1.82, 2.24) is 0 Å². The van der Waals surface area contributed by atoms with E-state index in [9.17, 15) is 9.59 Å². The number of rotatable bonds is 6. The minimum atomic E-state index is -0.500. The number of benzene rings is 2. The highest BCUT2D eigenvalue weighted by atomic mass is 16.5. The quantitative estimate of drug-likeness (QED) is 0.751. The Balaban J connectivity index is 1.47. The molecular formula is C21H25N2O4+. The molecule has 2 aromatic carbocycles. The van der Waals surface area contributed by atoms with Gasteiger partial charge in [0.1, 0.15) is 19.6 Å². The number of carbonyl (C=O) groups is 2. The Morgan fingerprint density at radius 1 is 1.07 bits per heavy atom. The molecule has 0 saturated carbocycles. The monoisotopic (exact) mass is 369 g/mol. The zero-order valence-electron chi connectivity index (χ0n) is 15.5. The maximum absolute atomic E-state index is 12.1. The fourth-order valence-corrected chi connectivity index (χ4v) is 3.00. The summed E-state index contributed by atoms with van der Waals surface area (Å²) in [5.41, 5.74) is 3.28. The van der Waals surface area contributed by atoms with Crippen molar-refractivity contribution in [2.45, 2.75) is 13.5 Å². The Morgan fingerprint density at radius 3 is 2.48 bits per heavy atom. The number of nitrogens with one attached hydrogen (secondary N) is 2. The lowest BCUT2D eigenvalue weighted by Crippen LogP contribution is -3.12. The summed E-state index contributed by atoms with van der Waals surface area (Å²) in [6.07, 6.45) is 0. The van der Waals surface area contributed by atoms with Gasteiger partial charge in [-0.05, 0) is 30.7 Å². The number of ether oxygens (including phenoxy) is 2. The number of morpholine rings is 1. The minimum Gasteiger partial charge on any atom is -0.452 e. The Kier molecular flexibility index (Phi) is 6.57. The number of carbonyl (C=O) groups excluding carboxylic acids is 2. The first-order valence-electron chi connectivity index (χ1n) is 9.14. The van der Waals surface area contributed by atoms with Crippen LogP contribution in [0.1, 0.15) is 21.5 Å². The van der Waals surface area contributed by atoms with Crippen LogP contribution in [-0.4, -0.2) is 44.8 Å². The number of quaternary nitrogens is 1. The predicted octanol–water partition coefficient (Wildman–Crippen LogP) is 1.21. The number of hydrogen-bond acceptors (Lipinski definition) is 4. The van der Waals surface area contributed by atoms with Crippen molar-refractivity contribution >= 4 is 17.6 Å². The molecule has 0 unspecified atom stereocenters. The van der Waals surface area contributed by atoms with Crippen LogP contribution in [0, 0.1) is 6.92 Å². The highest BCUT2D eigenvalue weighted by molar-refractivity contribution is 5.95. The highest BCUT2D eigenvalue weighted by Gasteiger charge is 2.15. The average Bonchev–Trinajstić information content (AvgIpc) is 2.69. The lowest BCUT2D eigenvalue weighted by molar-refractivity contribution is -0.921. The molecule has 0 spiro atoms. The van der Waals surface area contributed by atoms with E-state index in [1.54, 1.807) is 12.1 Å². The Hall–Kier alpha value is -2.70. The SMILES string of the molecule is Cc1ccccc1NC(=O)COC(=O)c1ccc(C[NH+]2CCOCC2)cc1. The number of anilines is 1. The van der Waals surface area contributed by atoms with Crippen LogP contribution in [0.4, 0.5) is 5.69 Å². The van der Waals surface area contributed by atoms with Gasteiger partial charge < -0.3 is 19.7 Å². The van der Waals surface area contributed by atoms with Gasteiger partial charge in [-0.25, -0.2) is 4.79 Å². The van der Waals surface area contributed by atoms with Gasteiger partial charge in [-0.15, -0.1) is 0 Å². The Labute approximate surface area is 159 Å². The molecule has 0 atom stereocenters. The molecule has 0 aliphatic carbocycles. The summed E-state index contributed by atoms with van der Waals surface area (Å²) in [6, 6.07) is 14.8. The van der Waals surface area contributed by atoms with Crippen molar-refractivity contribution in [3.8, 4) is 0 Å². The molecule has 6 heteroatoms. The van der Waals surface area contributed by atoms with Crippen molar-refractivity contribution in [2.75, 3.05) is 38.2 Å². The first-order chi connectivity index (χ1) is 13.1. The molecule has 1 aliphatic rings. The molecule has 1 heterocycles. The third-order valence-corrected chi connectivity index (χ3v) is 4.60. The van der Waals surface area contributed by atoms with Crippen LogP contribution in [0.15, 0.2) is 48.5 Å². The van der Waals surface area contributed by atoms with Crippen molar-refractivity contribution in [3.05, 3.63) is 65.2 Å². The Bertz CT molecular complexity index is 783. The summed E-state index contributed by atoms with van der Waals surface area (Å²) in [4.78, 5) is 25.6. The van der Waals surface area contributed by atoms with Crippen LogP contribution >= 0.6 is 0 Å². The van der Waals surface area contributed by atoms with Crippen molar-refractivity contribution in [3.63, 3.8) is 0 Å². The molecule has 2 N–H and O–H groups in total. The van der Waals surface area contributed by atoms with E-state index in [-0.39, 0.29) is 12.5 Å². The van der Waals surface area contributed by atoms with E-state index < -0.39 is 5.97 Å². The number of amides is 1. The summed E-state index contributed by atoms with van der Waals surface area (Å²) < 4.78 is 10.5. The van der Waals surface area contributed by atoms with Gasteiger partial charge in [0.2, 0.25) is 0 Å². The van der Waals surface area contributed by atoms with Gasteiger partial charge >= 0.3 is 5.97 Å². The normalized spacial score (nSPS) is 14.6. The van der Waals surface area contributed by atoms with E-state index in [4.69, 9.17) is 9.47 Å². The van der Waals surface area contributed by atoms with Crippen LogP contribution < -0.4 is 10.2 Å². The second-order valence-corrected chi connectivity index (χ2v) is 6.68. The maximum atomic E-state index is 12.1. The number of hydrogen-bond donors (Lipinski definition) is 2. The second-order valence-electron chi connectivity index (χ2n) is 6.68. The van der Waals surface area contributed by atoms with Gasteiger partial charge in [-0.1, -0.05) is 30.3 Å². The molecule has 1 aliphatic heterocycles. The van der Waals surface area contributed by atoms with Crippen molar-refractivity contribution in [1.29, 1.82) is 0 Å². The van der Waals surface area contributed by atoms with Crippen LogP contribution in [0.3, 0.4) is 0 Å². The average molecular weight is 369 g/mol. The van der Waals surface area contributed by atoms with Crippen molar-refractivity contribution < 1.29 is 24.0 Å². The molecule has 0 aromatic heterocycles. The molecule has 2 aromatic rings. The molecule has 27 heavy (non-hydrogen) atoms. The topological polar surface area (TPSA) is 69.1 Å². The van der Waals surface area contributed by atoms with E-state index in [0.29, 0.717) is 11.3 Å². The predicted molar refractivity (Wildman–Crippen MR) is 102 cm³/mol. The van der Waals surface area contributed by atoms with E-state index in [2.05, 4.69) is 5.32 Å². The lowest BCUT2D eigenvalue weighted by Gasteiger charge is -2.23. The first-order valence-corrected chi connectivity index (χ1v) is 9.14. The van der Waals surface area contributed by atoms with Crippen molar-refractivity contribution in [2.24, 2.45) is 0 Å². The van der Waals surface area contributed by atoms with Gasteiger partial charge in [0.05, 0.1) is 18.8 Å². The summed E-state index contributed by atoms with van der Waals surface area (Å²) in [5, 5.41) is 2.74. The van der Waals surface area contributed by atoms with E-state index in [0.717, 1.165) is 38.4 Å². The second kappa shape index (κ2) is 9.30. The summed E-state index contributed by atoms with van der Waals surface area (Å²) >= 11 is 0. The van der Waals surface area contributed by atoms with Gasteiger partial charge in [-0.3, -0.25) is 4.79 Å². The molecule has 1 saturated heterocycles. The number of esters is 1. The number of para-hydroxylation sites is 1. The molecule has 6 nitrogen and oxygen atoms in total. The summed E-state index contributed by atoms with van der Waals surface area (Å²) in [5.74, 6) is -0.856. The maximum Gasteiger partial charge on any atom is 0.338 e. The fourth-order valence-electron chi connectivity index (χ4n) is 3.00. The summed E-state index contributed by atoms with van der Waals surface area (Å²) in [7, 11) is 0. The van der Waals surface area contributed by atoms with Gasteiger partial charge in [0.15, 0.2) is 6.61 Å². The molecule has 3 rings (SSSR count). The van der Waals surface area contributed by atoms with E-state index in [1.807, 2.05) is 43.3 Å². The lowest BCUT2D eigenvalue weighted by atomic mass is 10.1. The fraction of sp³-hybridized carbons (Fsp3) is 0.333. The smallest absolute Gasteiger partial charge is 0.338 e. The molecule has 1 fully saturated rings. The molecule has 0 radical (unpaired) electrons. The zero-order valence-corrected chi connectivity index (χ0v) is 15.5. The van der Waals surface area contributed by atoms with Crippen LogP contribution in [0.2, 0.25) is 0 Å². The minimum absolute atomic E-state index is 0.313. The van der Waals surface area contributed by atoms with Crippen LogP contribution in [-0.2, 0) is 20.8 Å². The first kappa shape index (κ1) is 19.1. The molecule has 1 amide bonds. The Morgan fingerprint density at radius 2 is 1.78 bits per heavy atom. The third kappa shape index (κ3) is 5.64. The zero-order chi connectivity index (χ0) is 19.1. The number of aryl methyl sites for hydroxylation is 1. The standard InChI is InChI=1S/C21H24N2O4/c1-16-4-2-3-5-19(16)22-20(24)15-27-21(25)18-8-6-17(7-9-18)14-23-10-12-26-13-11-23/h2-9H,10-15H2,1H3,(H,22,24)/p+1. The largest absolute Gasteiger partial charge is 0.452 e. The van der Waals surface area contributed by atoms with E-state index in [1.165, 1.54) is 10.5 Å². The molecule has 0 bridgehead atoms. The van der Waals surface area contributed by atoms with E-state index >= 15 is 0 Å².